The number of esters is 1. The fourth-order valence-electron chi connectivity index (χ4n) is 2.54. The summed E-state index contributed by atoms with van der Waals surface area (Å²) in [6.45, 7) is 3.33. The molecule has 7 nitrogen and oxygen atoms in total. The maximum Gasteiger partial charge on any atom is 0.338 e. The van der Waals surface area contributed by atoms with E-state index in [1.807, 2.05) is 6.92 Å². The van der Waals surface area contributed by atoms with Crippen molar-refractivity contribution in [3.63, 3.8) is 0 Å². The van der Waals surface area contributed by atoms with E-state index in [2.05, 4.69) is 10.5 Å². The van der Waals surface area contributed by atoms with Gasteiger partial charge in [-0.3, -0.25) is 4.79 Å². The molecule has 1 amide bonds. The summed E-state index contributed by atoms with van der Waals surface area (Å²) in [6.07, 6.45) is 0. The van der Waals surface area contributed by atoms with Gasteiger partial charge in [-0.2, -0.15) is 0 Å². The highest BCUT2D eigenvalue weighted by Crippen LogP contribution is 2.20. The highest BCUT2D eigenvalue weighted by Gasteiger charge is 2.13. The van der Waals surface area contributed by atoms with E-state index in [1.54, 1.807) is 19.1 Å². The monoisotopic (exact) mass is 432 g/mol. The predicted octanol–water partition coefficient (Wildman–Crippen LogP) is 4.46. The molecule has 0 aliphatic rings. The minimum absolute atomic E-state index is 0.0941. The quantitative estimate of drug-likeness (QED) is 0.554. The number of benzene rings is 2. The molecule has 1 aromatic heterocycles. The van der Waals surface area contributed by atoms with Gasteiger partial charge in [-0.25, -0.2) is 9.18 Å². The van der Waals surface area contributed by atoms with Gasteiger partial charge in [0.15, 0.2) is 6.61 Å². The Balaban J connectivity index is 1.50. The molecule has 0 aliphatic heterocycles. The smallest absolute Gasteiger partial charge is 0.338 e. The van der Waals surface area contributed by atoms with Crippen LogP contribution in [0.3, 0.4) is 0 Å². The average Bonchev–Trinajstić information content (AvgIpc) is 3.05. The van der Waals surface area contributed by atoms with Gasteiger partial charge in [0.2, 0.25) is 0 Å². The summed E-state index contributed by atoms with van der Waals surface area (Å²) in [5.74, 6) is -0.812. The molecule has 0 spiro atoms. The molecule has 1 N–H and O–H groups in total. The lowest BCUT2D eigenvalue weighted by atomic mass is 10.2. The van der Waals surface area contributed by atoms with Gasteiger partial charge in [0.1, 0.15) is 23.9 Å². The molecule has 0 radical (unpaired) electrons. The molecule has 156 valence electrons. The molecule has 3 rings (SSSR count). The SMILES string of the molecule is Cc1noc(C)c1COc1ccc(C(=O)OCC(=O)Nc2cc(Cl)ccc2F)cc1. The summed E-state index contributed by atoms with van der Waals surface area (Å²) in [7, 11) is 0. The number of ether oxygens (including phenoxy) is 2. The van der Waals surface area contributed by atoms with E-state index >= 15 is 0 Å². The summed E-state index contributed by atoms with van der Waals surface area (Å²) in [5, 5.41) is 6.42. The molecule has 0 saturated carbocycles. The highest BCUT2D eigenvalue weighted by molar-refractivity contribution is 6.30. The molecule has 0 unspecified atom stereocenters. The number of carbonyl (C=O) groups is 2. The van der Waals surface area contributed by atoms with Gasteiger partial charge in [-0.05, 0) is 56.3 Å². The molecular weight excluding hydrogens is 415 g/mol. The molecule has 9 heteroatoms. The third-order valence-electron chi connectivity index (χ3n) is 4.19. The molecule has 1 heterocycles. The lowest BCUT2D eigenvalue weighted by molar-refractivity contribution is -0.119. The average molecular weight is 433 g/mol. The van der Waals surface area contributed by atoms with Crippen LogP contribution in [0.1, 0.15) is 27.4 Å². The van der Waals surface area contributed by atoms with E-state index in [4.69, 9.17) is 25.6 Å². The van der Waals surface area contributed by atoms with E-state index in [9.17, 15) is 14.0 Å². The van der Waals surface area contributed by atoms with Crippen molar-refractivity contribution in [3.05, 3.63) is 75.9 Å². The Labute approximate surface area is 176 Å². The first-order chi connectivity index (χ1) is 14.3. The summed E-state index contributed by atoms with van der Waals surface area (Å²) < 4.78 is 29.3. The Kier molecular flexibility index (Phi) is 6.68. The Morgan fingerprint density at radius 1 is 1.17 bits per heavy atom. The van der Waals surface area contributed by atoms with Crippen molar-refractivity contribution in [1.29, 1.82) is 0 Å². The second kappa shape index (κ2) is 9.41. The van der Waals surface area contributed by atoms with Crippen LogP contribution < -0.4 is 10.1 Å². The number of nitrogens with one attached hydrogen (secondary N) is 1. The number of carbonyl (C=O) groups excluding carboxylic acids is 2. The fraction of sp³-hybridized carbons (Fsp3) is 0.190. The number of hydrogen-bond acceptors (Lipinski definition) is 6. The lowest BCUT2D eigenvalue weighted by Gasteiger charge is -2.09. The number of nitrogens with zero attached hydrogens (tertiary/aromatic N) is 1. The van der Waals surface area contributed by atoms with Gasteiger partial charge in [0.25, 0.3) is 5.91 Å². The summed E-state index contributed by atoms with van der Waals surface area (Å²) in [6, 6.07) is 9.98. The number of aryl methyl sites for hydroxylation is 2. The molecule has 30 heavy (non-hydrogen) atoms. The molecule has 0 bridgehead atoms. The van der Waals surface area contributed by atoms with E-state index in [0.29, 0.717) is 11.5 Å². The van der Waals surface area contributed by atoms with Crippen LogP contribution in [0, 0.1) is 19.7 Å². The van der Waals surface area contributed by atoms with Crippen molar-refractivity contribution in [2.45, 2.75) is 20.5 Å². The molecule has 0 atom stereocenters. The van der Waals surface area contributed by atoms with Gasteiger partial charge in [0, 0.05) is 5.02 Å². The Hall–Kier alpha value is -3.39. The van der Waals surface area contributed by atoms with Crippen LogP contribution in [-0.4, -0.2) is 23.6 Å². The first kappa shape index (κ1) is 21.3. The zero-order valence-corrected chi connectivity index (χ0v) is 17.0. The normalized spacial score (nSPS) is 10.5. The minimum atomic E-state index is -0.700. The van der Waals surface area contributed by atoms with Gasteiger partial charge in [-0.15, -0.1) is 0 Å². The van der Waals surface area contributed by atoms with Crippen LogP contribution in [0.4, 0.5) is 10.1 Å². The van der Waals surface area contributed by atoms with E-state index < -0.39 is 24.3 Å². The number of amides is 1. The molecular formula is C21H18ClFN2O5. The Bertz CT molecular complexity index is 1050. The summed E-state index contributed by atoms with van der Waals surface area (Å²) in [5.41, 5.74) is 1.76. The van der Waals surface area contributed by atoms with Crippen molar-refractivity contribution in [1.82, 2.24) is 5.16 Å². The van der Waals surface area contributed by atoms with Crippen LogP contribution in [-0.2, 0) is 16.1 Å². The first-order valence-electron chi connectivity index (χ1n) is 8.90. The van der Waals surface area contributed by atoms with E-state index in [-0.39, 0.29) is 22.9 Å². The van der Waals surface area contributed by atoms with Gasteiger partial charge in [-0.1, -0.05) is 16.8 Å². The number of rotatable bonds is 7. The minimum Gasteiger partial charge on any atom is -0.489 e. The van der Waals surface area contributed by atoms with Crippen molar-refractivity contribution >= 4 is 29.2 Å². The summed E-state index contributed by atoms with van der Waals surface area (Å²) >= 11 is 5.77. The molecule has 0 aliphatic carbocycles. The molecule has 0 fully saturated rings. The van der Waals surface area contributed by atoms with Crippen LogP contribution in [0.5, 0.6) is 5.75 Å². The topological polar surface area (TPSA) is 90.7 Å². The molecule has 3 aromatic rings. The lowest BCUT2D eigenvalue weighted by Crippen LogP contribution is -2.21. The highest BCUT2D eigenvalue weighted by atomic mass is 35.5. The van der Waals surface area contributed by atoms with Gasteiger partial charge < -0.3 is 19.3 Å². The van der Waals surface area contributed by atoms with E-state index in [1.165, 1.54) is 24.3 Å². The number of anilines is 1. The van der Waals surface area contributed by atoms with Gasteiger partial charge >= 0.3 is 5.97 Å². The number of hydrogen-bond donors (Lipinski definition) is 1. The molecule has 2 aromatic carbocycles. The van der Waals surface area contributed by atoms with Crippen molar-refractivity contribution in [2.24, 2.45) is 0 Å². The standard InChI is InChI=1S/C21H18ClFN2O5/c1-12-17(13(2)30-25-12)10-28-16-6-3-14(4-7-16)21(27)29-11-20(26)24-19-9-15(22)5-8-18(19)23/h3-9H,10-11H2,1-2H3,(H,24,26). The number of aromatic nitrogens is 1. The zero-order valence-electron chi connectivity index (χ0n) is 16.2. The second-order valence-corrected chi connectivity index (χ2v) is 6.80. The van der Waals surface area contributed by atoms with E-state index in [0.717, 1.165) is 17.3 Å². The fourth-order valence-corrected chi connectivity index (χ4v) is 2.72. The Morgan fingerprint density at radius 3 is 2.57 bits per heavy atom. The van der Waals surface area contributed by atoms with Gasteiger partial charge in [0.05, 0.1) is 22.5 Å². The maximum atomic E-state index is 13.6. The second-order valence-electron chi connectivity index (χ2n) is 6.36. The van der Waals surface area contributed by atoms with Crippen LogP contribution in [0.2, 0.25) is 5.02 Å². The van der Waals surface area contributed by atoms with Crippen molar-refractivity contribution in [3.8, 4) is 5.75 Å². The van der Waals surface area contributed by atoms with Crippen LogP contribution in [0.15, 0.2) is 47.0 Å². The zero-order chi connectivity index (χ0) is 21.7. The first-order valence-corrected chi connectivity index (χ1v) is 9.28. The van der Waals surface area contributed by atoms with Crippen molar-refractivity contribution < 1.29 is 28.0 Å². The predicted molar refractivity (Wildman–Crippen MR) is 107 cm³/mol. The number of halogens is 2. The van der Waals surface area contributed by atoms with Crippen LogP contribution >= 0.6 is 11.6 Å². The third kappa shape index (κ3) is 5.36. The van der Waals surface area contributed by atoms with Crippen molar-refractivity contribution in [2.75, 3.05) is 11.9 Å². The maximum absolute atomic E-state index is 13.6. The third-order valence-corrected chi connectivity index (χ3v) is 4.43. The largest absolute Gasteiger partial charge is 0.489 e. The Morgan fingerprint density at radius 2 is 1.90 bits per heavy atom. The summed E-state index contributed by atoms with van der Waals surface area (Å²) in [4.78, 5) is 24.0. The molecule has 0 saturated heterocycles. The van der Waals surface area contributed by atoms with Crippen LogP contribution in [0.25, 0.3) is 0 Å².